The molecule has 0 amide bonds. The summed E-state index contributed by atoms with van der Waals surface area (Å²) >= 11 is 3.55. The van der Waals surface area contributed by atoms with Crippen LogP contribution in [-0.2, 0) is 0 Å². The molecule has 1 aliphatic carbocycles. The first-order chi connectivity index (χ1) is 7.81. The van der Waals surface area contributed by atoms with Crippen LogP contribution >= 0.6 is 15.9 Å². The number of halogens is 1. The lowest BCUT2D eigenvalue weighted by atomic mass is 10.3. The summed E-state index contributed by atoms with van der Waals surface area (Å²) in [5, 5.41) is 3.47. The lowest BCUT2D eigenvalue weighted by Gasteiger charge is -2.20. The summed E-state index contributed by atoms with van der Waals surface area (Å²) < 4.78 is 1.14. The minimum absolute atomic E-state index is 0.867. The zero-order chi connectivity index (χ0) is 11.4. The van der Waals surface area contributed by atoms with Crippen LogP contribution in [0, 0.1) is 0 Å². The minimum atomic E-state index is 0.867. The molecule has 2 rings (SSSR count). The fraction of sp³-hybridized carbons (Fsp3) is 0.538. The first kappa shape index (κ1) is 11.9. The van der Waals surface area contributed by atoms with E-state index in [-0.39, 0.29) is 0 Å². The summed E-state index contributed by atoms with van der Waals surface area (Å²) in [6, 6.07) is 9.15. The molecule has 1 N–H and O–H groups in total. The van der Waals surface area contributed by atoms with E-state index in [2.05, 4.69) is 51.3 Å². The van der Waals surface area contributed by atoms with Gasteiger partial charge in [0.25, 0.3) is 0 Å². The van der Waals surface area contributed by atoms with Crippen molar-refractivity contribution in [3.8, 4) is 0 Å². The third-order valence-electron chi connectivity index (χ3n) is 3.06. The van der Waals surface area contributed by atoms with Crippen LogP contribution in [0.2, 0.25) is 0 Å². The Morgan fingerprint density at radius 3 is 2.75 bits per heavy atom. The first-order valence-electron chi connectivity index (χ1n) is 6.03. The second kappa shape index (κ2) is 5.69. The molecule has 0 spiro atoms. The molecule has 1 fully saturated rings. The molecular formula is C13H19BrN2. The first-order valence-corrected chi connectivity index (χ1v) is 6.83. The van der Waals surface area contributed by atoms with Crippen LogP contribution < -0.4 is 5.32 Å². The Labute approximate surface area is 106 Å². The summed E-state index contributed by atoms with van der Waals surface area (Å²) in [7, 11) is 0. The van der Waals surface area contributed by atoms with Gasteiger partial charge in [-0.2, -0.15) is 0 Å². The number of nitrogens with zero attached hydrogens (tertiary/aromatic N) is 1. The molecule has 0 atom stereocenters. The lowest BCUT2D eigenvalue weighted by Crippen LogP contribution is -2.30. The molecule has 2 nitrogen and oxygen atoms in total. The van der Waals surface area contributed by atoms with Crippen molar-refractivity contribution in [2.24, 2.45) is 0 Å². The predicted octanol–water partition coefficient (Wildman–Crippen LogP) is 3.35. The second-order valence-corrected chi connectivity index (χ2v) is 5.12. The Morgan fingerprint density at radius 1 is 1.38 bits per heavy atom. The highest BCUT2D eigenvalue weighted by Gasteiger charge is 2.26. The van der Waals surface area contributed by atoms with Crippen LogP contribution in [0.3, 0.4) is 0 Å². The molecule has 16 heavy (non-hydrogen) atoms. The average molecular weight is 283 g/mol. The number of likely N-dealkylation sites (N-methyl/N-ethyl adjacent to an activating group) is 1. The SMILES string of the molecule is CCN(CCNc1ccccc1Br)C1CC1. The van der Waals surface area contributed by atoms with E-state index in [1.807, 2.05) is 6.07 Å². The molecule has 1 saturated carbocycles. The summed E-state index contributed by atoms with van der Waals surface area (Å²) in [6.45, 7) is 5.58. The maximum absolute atomic E-state index is 3.55. The van der Waals surface area contributed by atoms with Gasteiger partial charge >= 0.3 is 0 Å². The lowest BCUT2D eigenvalue weighted by molar-refractivity contribution is 0.289. The minimum Gasteiger partial charge on any atom is -0.383 e. The summed E-state index contributed by atoms with van der Waals surface area (Å²) in [5.41, 5.74) is 1.19. The van der Waals surface area contributed by atoms with Crippen LogP contribution in [0.1, 0.15) is 19.8 Å². The highest BCUT2D eigenvalue weighted by atomic mass is 79.9. The van der Waals surface area contributed by atoms with Crippen LogP contribution in [0.15, 0.2) is 28.7 Å². The van der Waals surface area contributed by atoms with E-state index in [0.717, 1.165) is 23.6 Å². The Balaban J connectivity index is 1.77. The second-order valence-electron chi connectivity index (χ2n) is 4.27. The topological polar surface area (TPSA) is 15.3 Å². The molecule has 3 heteroatoms. The van der Waals surface area contributed by atoms with Crippen molar-refractivity contribution in [1.29, 1.82) is 0 Å². The summed E-state index contributed by atoms with van der Waals surface area (Å²) in [6.07, 6.45) is 2.78. The monoisotopic (exact) mass is 282 g/mol. The predicted molar refractivity (Wildman–Crippen MR) is 72.9 cm³/mol. The fourth-order valence-corrected chi connectivity index (χ4v) is 2.40. The fourth-order valence-electron chi connectivity index (χ4n) is 1.98. The Bertz CT molecular complexity index is 336. The van der Waals surface area contributed by atoms with Gasteiger partial charge in [-0.05, 0) is 47.4 Å². The normalized spacial score (nSPS) is 15.4. The molecule has 0 unspecified atom stereocenters. The van der Waals surface area contributed by atoms with Crippen molar-refractivity contribution in [3.63, 3.8) is 0 Å². The van der Waals surface area contributed by atoms with E-state index >= 15 is 0 Å². The summed E-state index contributed by atoms with van der Waals surface area (Å²) in [4.78, 5) is 2.56. The maximum atomic E-state index is 3.55. The molecule has 0 bridgehead atoms. The van der Waals surface area contributed by atoms with Crippen molar-refractivity contribution < 1.29 is 0 Å². The van der Waals surface area contributed by atoms with Gasteiger partial charge < -0.3 is 5.32 Å². The molecule has 1 aromatic carbocycles. The molecule has 0 radical (unpaired) electrons. The van der Waals surface area contributed by atoms with Gasteiger partial charge in [-0.1, -0.05) is 19.1 Å². The number of para-hydroxylation sites is 1. The standard InChI is InChI=1S/C13H19BrN2/c1-2-16(11-7-8-11)10-9-15-13-6-4-3-5-12(13)14/h3-6,11,15H,2,7-10H2,1H3. The number of rotatable bonds is 6. The van der Waals surface area contributed by atoms with Crippen LogP contribution in [0.25, 0.3) is 0 Å². The highest BCUT2D eigenvalue weighted by molar-refractivity contribution is 9.10. The third kappa shape index (κ3) is 3.22. The average Bonchev–Trinajstić information content (AvgIpc) is 3.11. The van der Waals surface area contributed by atoms with Crippen LogP contribution in [-0.4, -0.2) is 30.6 Å². The van der Waals surface area contributed by atoms with Gasteiger partial charge in [-0.3, -0.25) is 4.90 Å². The van der Waals surface area contributed by atoms with E-state index in [1.165, 1.54) is 25.1 Å². The maximum Gasteiger partial charge on any atom is 0.0485 e. The number of hydrogen-bond acceptors (Lipinski definition) is 2. The molecule has 1 aromatic rings. The van der Waals surface area contributed by atoms with E-state index in [9.17, 15) is 0 Å². The van der Waals surface area contributed by atoms with E-state index in [4.69, 9.17) is 0 Å². The number of anilines is 1. The van der Waals surface area contributed by atoms with Gasteiger partial charge in [0.2, 0.25) is 0 Å². The van der Waals surface area contributed by atoms with Crippen molar-refractivity contribution in [2.75, 3.05) is 25.0 Å². The van der Waals surface area contributed by atoms with Gasteiger partial charge in [0, 0.05) is 29.3 Å². The van der Waals surface area contributed by atoms with Gasteiger partial charge in [0.05, 0.1) is 0 Å². The van der Waals surface area contributed by atoms with Crippen LogP contribution in [0.5, 0.6) is 0 Å². The number of nitrogens with one attached hydrogen (secondary N) is 1. The van der Waals surface area contributed by atoms with Crippen molar-refractivity contribution in [3.05, 3.63) is 28.7 Å². The third-order valence-corrected chi connectivity index (χ3v) is 3.75. The van der Waals surface area contributed by atoms with E-state index < -0.39 is 0 Å². The van der Waals surface area contributed by atoms with E-state index in [0.29, 0.717) is 0 Å². The molecule has 0 aromatic heterocycles. The Morgan fingerprint density at radius 2 is 2.12 bits per heavy atom. The molecule has 1 aliphatic rings. The van der Waals surface area contributed by atoms with Crippen molar-refractivity contribution in [1.82, 2.24) is 4.90 Å². The molecule has 0 heterocycles. The molecular weight excluding hydrogens is 264 g/mol. The zero-order valence-electron chi connectivity index (χ0n) is 9.75. The van der Waals surface area contributed by atoms with Gasteiger partial charge in [-0.25, -0.2) is 0 Å². The quantitative estimate of drug-likeness (QED) is 0.861. The Hall–Kier alpha value is -0.540. The highest BCUT2D eigenvalue weighted by Crippen LogP contribution is 2.26. The van der Waals surface area contributed by atoms with Crippen LogP contribution in [0.4, 0.5) is 5.69 Å². The number of benzene rings is 1. The van der Waals surface area contributed by atoms with Gasteiger partial charge in [0.1, 0.15) is 0 Å². The zero-order valence-corrected chi connectivity index (χ0v) is 11.3. The largest absolute Gasteiger partial charge is 0.383 e. The summed E-state index contributed by atoms with van der Waals surface area (Å²) in [5.74, 6) is 0. The molecule has 88 valence electrons. The van der Waals surface area contributed by atoms with Gasteiger partial charge in [0.15, 0.2) is 0 Å². The Kier molecular flexibility index (Phi) is 4.24. The van der Waals surface area contributed by atoms with E-state index in [1.54, 1.807) is 0 Å². The number of hydrogen-bond donors (Lipinski definition) is 1. The van der Waals surface area contributed by atoms with Crippen molar-refractivity contribution >= 4 is 21.6 Å². The van der Waals surface area contributed by atoms with Crippen molar-refractivity contribution in [2.45, 2.75) is 25.8 Å². The molecule has 0 aliphatic heterocycles. The van der Waals surface area contributed by atoms with Gasteiger partial charge in [-0.15, -0.1) is 0 Å². The molecule has 0 saturated heterocycles. The smallest absolute Gasteiger partial charge is 0.0485 e.